The van der Waals surface area contributed by atoms with Crippen LogP contribution in [-0.2, 0) is 4.74 Å². The summed E-state index contributed by atoms with van der Waals surface area (Å²) in [5, 5.41) is 3.41. The Balaban J connectivity index is 1.73. The second kappa shape index (κ2) is 4.42. The van der Waals surface area contributed by atoms with Crippen LogP contribution in [0.1, 0.15) is 44.0 Å². The zero-order valence-electron chi connectivity index (χ0n) is 10.4. The molecule has 2 atom stereocenters. The minimum absolute atomic E-state index is 0.213. The minimum Gasteiger partial charge on any atom is -0.375 e. The Hall–Kier alpha value is -0.870. The Morgan fingerprint density at radius 3 is 3.06 bits per heavy atom. The predicted octanol–water partition coefficient (Wildman–Crippen LogP) is 2.02. The average Bonchev–Trinajstić information content (AvgIpc) is 2.82. The molecule has 2 heterocycles. The number of nitrogens with one attached hydrogen (secondary N) is 2. The molecule has 1 spiro atoms. The number of hydrogen-bond donors (Lipinski definition) is 2. The van der Waals surface area contributed by atoms with Gasteiger partial charge in [-0.05, 0) is 45.1 Å². The van der Waals surface area contributed by atoms with Crippen molar-refractivity contribution >= 4 is 0 Å². The maximum absolute atomic E-state index is 5.99. The molecular weight excluding hydrogens is 214 g/mol. The van der Waals surface area contributed by atoms with Gasteiger partial charge < -0.3 is 15.0 Å². The van der Waals surface area contributed by atoms with E-state index in [2.05, 4.69) is 15.3 Å². The number of aromatic amines is 1. The molecule has 0 bridgehead atoms. The van der Waals surface area contributed by atoms with E-state index in [9.17, 15) is 0 Å². The Labute approximate surface area is 102 Å². The van der Waals surface area contributed by atoms with Crippen molar-refractivity contribution in [3.05, 3.63) is 18.2 Å². The van der Waals surface area contributed by atoms with Crippen LogP contribution >= 0.6 is 0 Å². The van der Waals surface area contributed by atoms with Crippen LogP contribution in [-0.4, -0.2) is 29.2 Å². The van der Waals surface area contributed by atoms with Crippen molar-refractivity contribution in [3.8, 4) is 0 Å². The van der Waals surface area contributed by atoms with E-state index in [1.54, 1.807) is 0 Å². The highest BCUT2D eigenvalue weighted by Crippen LogP contribution is 2.46. The van der Waals surface area contributed by atoms with E-state index < -0.39 is 0 Å². The first-order chi connectivity index (χ1) is 8.33. The standard InChI is InChI=1S/C13H21N3O/c1-14-11(12-15-6-7-16-12)10-3-8-17-13(9-10)4-2-5-13/h6-7,10-11,14H,2-5,8-9H2,1H3,(H,15,16). The quantitative estimate of drug-likeness (QED) is 0.842. The highest BCUT2D eigenvalue weighted by atomic mass is 16.5. The highest BCUT2D eigenvalue weighted by molar-refractivity contribution is 5.03. The first kappa shape index (κ1) is 11.2. The van der Waals surface area contributed by atoms with Gasteiger partial charge in [-0.2, -0.15) is 0 Å². The van der Waals surface area contributed by atoms with Crippen LogP contribution in [0.3, 0.4) is 0 Å². The van der Waals surface area contributed by atoms with Crippen molar-refractivity contribution in [2.75, 3.05) is 13.7 Å². The lowest BCUT2D eigenvalue weighted by Gasteiger charge is -2.48. The van der Waals surface area contributed by atoms with E-state index in [4.69, 9.17) is 4.74 Å². The molecule has 1 saturated carbocycles. The molecule has 1 aromatic rings. The summed E-state index contributed by atoms with van der Waals surface area (Å²) in [5.41, 5.74) is 0.213. The number of ether oxygens (including phenoxy) is 1. The van der Waals surface area contributed by atoms with Crippen LogP contribution in [0.2, 0.25) is 0 Å². The normalized spacial score (nSPS) is 28.9. The summed E-state index contributed by atoms with van der Waals surface area (Å²) in [7, 11) is 2.02. The van der Waals surface area contributed by atoms with Gasteiger partial charge >= 0.3 is 0 Å². The topological polar surface area (TPSA) is 49.9 Å². The fourth-order valence-electron chi connectivity index (χ4n) is 3.31. The van der Waals surface area contributed by atoms with Crippen molar-refractivity contribution < 1.29 is 4.74 Å². The van der Waals surface area contributed by atoms with E-state index >= 15 is 0 Å². The van der Waals surface area contributed by atoms with Gasteiger partial charge in [-0.25, -0.2) is 4.98 Å². The molecule has 4 nitrogen and oxygen atoms in total. The zero-order chi connectivity index (χ0) is 11.7. The van der Waals surface area contributed by atoms with Crippen molar-refractivity contribution in [1.82, 2.24) is 15.3 Å². The van der Waals surface area contributed by atoms with Crippen LogP contribution in [0, 0.1) is 5.92 Å². The minimum atomic E-state index is 0.213. The summed E-state index contributed by atoms with van der Waals surface area (Å²) >= 11 is 0. The molecule has 3 rings (SSSR count). The molecule has 1 aliphatic carbocycles. The highest BCUT2D eigenvalue weighted by Gasteiger charge is 2.44. The smallest absolute Gasteiger partial charge is 0.123 e. The van der Waals surface area contributed by atoms with Gasteiger partial charge in [0.15, 0.2) is 0 Å². The third kappa shape index (κ3) is 2.00. The molecular formula is C13H21N3O. The van der Waals surface area contributed by atoms with Gasteiger partial charge in [-0.3, -0.25) is 0 Å². The SMILES string of the molecule is CNC(c1ncc[nH]1)C1CCOC2(CCC2)C1. The molecule has 2 unspecified atom stereocenters. The molecule has 94 valence electrons. The lowest BCUT2D eigenvalue weighted by molar-refractivity contribution is -0.147. The fourth-order valence-corrected chi connectivity index (χ4v) is 3.31. The van der Waals surface area contributed by atoms with Gasteiger partial charge in [-0.15, -0.1) is 0 Å². The molecule has 1 aliphatic heterocycles. The van der Waals surface area contributed by atoms with Gasteiger partial charge in [0.1, 0.15) is 5.82 Å². The Morgan fingerprint density at radius 1 is 1.59 bits per heavy atom. The van der Waals surface area contributed by atoms with Crippen molar-refractivity contribution in [2.45, 2.75) is 43.7 Å². The Bertz CT molecular complexity index is 359. The zero-order valence-corrected chi connectivity index (χ0v) is 10.4. The molecule has 0 aromatic carbocycles. The fraction of sp³-hybridized carbons (Fsp3) is 0.769. The van der Waals surface area contributed by atoms with Gasteiger partial charge in [0.25, 0.3) is 0 Å². The monoisotopic (exact) mass is 235 g/mol. The van der Waals surface area contributed by atoms with Crippen LogP contribution < -0.4 is 5.32 Å². The number of nitrogens with zero attached hydrogens (tertiary/aromatic N) is 1. The number of aromatic nitrogens is 2. The molecule has 17 heavy (non-hydrogen) atoms. The summed E-state index contributed by atoms with van der Waals surface area (Å²) in [6.07, 6.45) is 9.87. The average molecular weight is 235 g/mol. The molecule has 0 amide bonds. The van der Waals surface area contributed by atoms with Crippen LogP contribution in [0.5, 0.6) is 0 Å². The second-order valence-electron chi connectivity index (χ2n) is 5.38. The lowest BCUT2D eigenvalue weighted by atomic mass is 9.70. The first-order valence-corrected chi connectivity index (χ1v) is 6.63. The number of hydrogen-bond acceptors (Lipinski definition) is 3. The summed E-state index contributed by atoms with van der Waals surface area (Å²) in [5.74, 6) is 1.70. The summed E-state index contributed by atoms with van der Waals surface area (Å²) in [6.45, 7) is 0.906. The first-order valence-electron chi connectivity index (χ1n) is 6.63. The van der Waals surface area contributed by atoms with Gasteiger partial charge in [0.05, 0.1) is 11.6 Å². The van der Waals surface area contributed by atoms with Crippen LogP contribution in [0.15, 0.2) is 12.4 Å². The van der Waals surface area contributed by atoms with E-state index in [0.29, 0.717) is 12.0 Å². The Kier molecular flexibility index (Phi) is 2.92. The van der Waals surface area contributed by atoms with Crippen LogP contribution in [0.4, 0.5) is 0 Å². The third-order valence-electron chi connectivity index (χ3n) is 4.39. The number of imidazole rings is 1. The Morgan fingerprint density at radius 2 is 2.47 bits per heavy atom. The molecule has 2 N–H and O–H groups in total. The van der Waals surface area contributed by atoms with Crippen molar-refractivity contribution in [3.63, 3.8) is 0 Å². The molecule has 1 aromatic heterocycles. The van der Waals surface area contributed by atoms with E-state index in [-0.39, 0.29) is 5.60 Å². The van der Waals surface area contributed by atoms with Gasteiger partial charge in [0, 0.05) is 19.0 Å². The molecule has 4 heteroatoms. The summed E-state index contributed by atoms with van der Waals surface area (Å²) < 4.78 is 5.99. The van der Waals surface area contributed by atoms with E-state index in [1.807, 2.05) is 19.4 Å². The number of rotatable bonds is 3. The van der Waals surface area contributed by atoms with Gasteiger partial charge in [-0.1, -0.05) is 0 Å². The maximum Gasteiger partial charge on any atom is 0.123 e. The second-order valence-corrected chi connectivity index (χ2v) is 5.38. The van der Waals surface area contributed by atoms with Gasteiger partial charge in [0.2, 0.25) is 0 Å². The maximum atomic E-state index is 5.99. The number of H-pyrrole nitrogens is 1. The summed E-state index contributed by atoms with van der Waals surface area (Å²) in [6, 6.07) is 0.339. The molecule has 2 aliphatic rings. The summed E-state index contributed by atoms with van der Waals surface area (Å²) in [4.78, 5) is 7.63. The molecule has 0 radical (unpaired) electrons. The van der Waals surface area contributed by atoms with Crippen molar-refractivity contribution in [2.24, 2.45) is 5.92 Å². The lowest BCUT2D eigenvalue weighted by Crippen LogP contribution is -2.47. The predicted molar refractivity (Wildman–Crippen MR) is 65.6 cm³/mol. The molecule has 2 fully saturated rings. The molecule has 1 saturated heterocycles. The third-order valence-corrected chi connectivity index (χ3v) is 4.39. The van der Waals surface area contributed by atoms with Crippen molar-refractivity contribution in [1.29, 1.82) is 0 Å². The largest absolute Gasteiger partial charge is 0.375 e. The van der Waals surface area contributed by atoms with E-state index in [1.165, 1.54) is 25.7 Å². The van der Waals surface area contributed by atoms with E-state index in [0.717, 1.165) is 18.9 Å². The van der Waals surface area contributed by atoms with Crippen LogP contribution in [0.25, 0.3) is 0 Å².